The minimum absolute atomic E-state index is 0.115. The molecule has 0 aromatic heterocycles. The van der Waals surface area contributed by atoms with E-state index in [1.165, 1.54) is 57.8 Å². The quantitative estimate of drug-likeness (QED) is 0.0696. The van der Waals surface area contributed by atoms with Crippen molar-refractivity contribution in [1.29, 1.82) is 0 Å². The predicted octanol–water partition coefficient (Wildman–Crippen LogP) is 8.03. The lowest BCUT2D eigenvalue weighted by atomic mass is 9.99. The second kappa shape index (κ2) is 27.0. The van der Waals surface area contributed by atoms with E-state index >= 15 is 0 Å². The Bertz CT molecular complexity index is 537. The highest BCUT2D eigenvalue weighted by molar-refractivity contribution is 7.99. The number of carbonyl (C=O) groups is 2. The van der Waals surface area contributed by atoms with Crippen molar-refractivity contribution in [3.8, 4) is 0 Å². The summed E-state index contributed by atoms with van der Waals surface area (Å²) in [4.78, 5) is 22.9. The van der Waals surface area contributed by atoms with E-state index in [1.54, 1.807) is 18.7 Å². The van der Waals surface area contributed by atoms with Gasteiger partial charge >= 0.3 is 11.9 Å². The number of esters is 2. The molecule has 5 nitrogen and oxygen atoms in total. The fourth-order valence-electron chi connectivity index (χ4n) is 3.92. The predicted molar refractivity (Wildman–Crippen MR) is 153 cm³/mol. The van der Waals surface area contributed by atoms with Gasteiger partial charge in [0.05, 0.1) is 25.1 Å². The number of unbranched alkanes of at least 4 members (excludes halogenated alkanes) is 8. The van der Waals surface area contributed by atoms with Gasteiger partial charge in [0, 0.05) is 6.42 Å². The van der Waals surface area contributed by atoms with Crippen molar-refractivity contribution in [2.75, 3.05) is 24.7 Å². The van der Waals surface area contributed by atoms with Crippen LogP contribution in [0, 0.1) is 5.92 Å². The average molecular weight is 529 g/mol. The highest BCUT2D eigenvalue weighted by Gasteiger charge is 2.06. The summed E-state index contributed by atoms with van der Waals surface area (Å²) >= 11 is 1.61. The van der Waals surface area contributed by atoms with E-state index in [1.807, 2.05) is 0 Å². The molecule has 0 saturated heterocycles. The lowest BCUT2D eigenvalue weighted by Gasteiger charge is -2.10. The van der Waals surface area contributed by atoms with Crippen LogP contribution in [0.2, 0.25) is 0 Å². The molecule has 0 saturated carbocycles. The molecule has 0 aliphatic heterocycles. The van der Waals surface area contributed by atoms with Crippen molar-refractivity contribution >= 4 is 23.7 Å². The number of aliphatic hydroxyl groups excluding tert-OH is 1. The van der Waals surface area contributed by atoms with Crippen LogP contribution in [0.4, 0.5) is 0 Å². The third kappa shape index (κ3) is 26.1. The molecule has 0 aliphatic carbocycles. The molecule has 0 rings (SSSR count). The van der Waals surface area contributed by atoms with Crippen molar-refractivity contribution in [3.63, 3.8) is 0 Å². The smallest absolute Gasteiger partial charge is 0.315 e. The summed E-state index contributed by atoms with van der Waals surface area (Å²) in [6.07, 6.45) is 22.4. The van der Waals surface area contributed by atoms with E-state index in [2.05, 4.69) is 26.0 Å². The van der Waals surface area contributed by atoms with Gasteiger partial charge in [0.2, 0.25) is 0 Å². The number of thioether (sulfide) groups is 1. The normalized spacial score (nSPS) is 13.1. The Morgan fingerprint density at radius 3 is 2.22 bits per heavy atom. The van der Waals surface area contributed by atoms with Gasteiger partial charge in [-0.05, 0) is 63.0 Å². The minimum atomic E-state index is -0.342. The maximum Gasteiger partial charge on any atom is 0.315 e. The van der Waals surface area contributed by atoms with Crippen LogP contribution in [-0.2, 0) is 19.1 Å². The lowest BCUT2D eigenvalue weighted by molar-refractivity contribution is -0.143. The highest BCUT2D eigenvalue weighted by atomic mass is 32.2. The van der Waals surface area contributed by atoms with Crippen molar-refractivity contribution in [2.45, 2.75) is 136 Å². The van der Waals surface area contributed by atoms with Crippen LogP contribution >= 0.6 is 11.8 Å². The summed E-state index contributed by atoms with van der Waals surface area (Å²) in [7, 11) is 0. The van der Waals surface area contributed by atoms with Crippen LogP contribution < -0.4 is 0 Å². The van der Waals surface area contributed by atoms with Crippen LogP contribution in [0.15, 0.2) is 12.2 Å². The van der Waals surface area contributed by atoms with Crippen LogP contribution in [0.5, 0.6) is 0 Å². The molecular weight excluding hydrogens is 472 g/mol. The fraction of sp³-hybridized carbons (Fsp3) is 0.867. The summed E-state index contributed by atoms with van der Waals surface area (Å²) in [5, 5.41) is 9.96. The van der Waals surface area contributed by atoms with Crippen LogP contribution in [0.3, 0.4) is 0 Å². The molecule has 6 heteroatoms. The molecule has 2 unspecified atom stereocenters. The Morgan fingerprint density at radius 2 is 1.44 bits per heavy atom. The van der Waals surface area contributed by atoms with Gasteiger partial charge in [-0.1, -0.05) is 84.3 Å². The van der Waals surface area contributed by atoms with Gasteiger partial charge in [-0.2, -0.15) is 11.8 Å². The second-order valence-corrected chi connectivity index (χ2v) is 11.1. The third-order valence-electron chi connectivity index (χ3n) is 6.31. The van der Waals surface area contributed by atoms with Gasteiger partial charge in [0.1, 0.15) is 0 Å². The second-order valence-electron chi connectivity index (χ2n) is 10.0. The van der Waals surface area contributed by atoms with E-state index in [0.29, 0.717) is 38.2 Å². The molecule has 0 bridgehead atoms. The summed E-state index contributed by atoms with van der Waals surface area (Å²) < 4.78 is 10.3. The average Bonchev–Trinajstić information content (AvgIpc) is 2.87. The first-order chi connectivity index (χ1) is 17.5. The van der Waals surface area contributed by atoms with Crippen molar-refractivity contribution in [3.05, 3.63) is 12.2 Å². The molecule has 1 N–H and O–H groups in total. The zero-order valence-electron chi connectivity index (χ0n) is 23.6. The lowest BCUT2D eigenvalue weighted by Crippen LogP contribution is -2.10. The van der Waals surface area contributed by atoms with Crippen molar-refractivity contribution < 1.29 is 24.2 Å². The maximum absolute atomic E-state index is 11.8. The first-order valence-corrected chi connectivity index (χ1v) is 15.9. The van der Waals surface area contributed by atoms with E-state index < -0.39 is 0 Å². The molecule has 36 heavy (non-hydrogen) atoms. The first kappa shape index (κ1) is 35.0. The molecule has 0 aliphatic rings. The van der Waals surface area contributed by atoms with Gasteiger partial charge in [-0.3, -0.25) is 9.59 Å². The van der Waals surface area contributed by atoms with E-state index in [0.717, 1.165) is 43.8 Å². The number of rotatable bonds is 26. The largest absolute Gasteiger partial charge is 0.466 e. The summed E-state index contributed by atoms with van der Waals surface area (Å²) in [6.45, 7) is 7.32. The topological polar surface area (TPSA) is 72.8 Å². The fourth-order valence-corrected chi connectivity index (χ4v) is 4.72. The summed E-state index contributed by atoms with van der Waals surface area (Å²) in [5.41, 5.74) is 0. The van der Waals surface area contributed by atoms with Crippen LogP contribution in [-0.4, -0.2) is 47.9 Å². The van der Waals surface area contributed by atoms with E-state index in [9.17, 15) is 14.7 Å². The Labute approximate surface area is 226 Å². The van der Waals surface area contributed by atoms with E-state index in [4.69, 9.17) is 9.47 Å². The Balaban J connectivity index is 3.37. The summed E-state index contributed by atoms with van der Waals surface area (Å²) in [5.74, 6) is 1.83. The first-order valence-electron chi connectivity index (χ1n) is 14.7. The van der Waals surface area contributed by atoms with E-state index in [-0.39, 0.29) is 18.0 Å². The zero-order chi connectivity index (χ0) is 26.7. The van der Waals surface area contributed by atoms with Crippen molar-refractivity contribution in [1.82, 2.24) is 0 Å². The van der Waals surface area contributed by atoms with Crippen molar-refractivity contribution in [2.24, 2.45) is 5.92 Å². The summed E-state index contributed by atoms with van der Waals surface area (Å²) in [6, 6.07) is 0. The molecule has 0 fully saturated rings. The van der Waals surface area contributed by atoms with Gasteiger partial charge in [-0.25, -0.2) is 0 Å². The molecule has 0 spiro atoms. The highest BCUT2D eigenvalue weighted by Crippen LogP contribution is 2.14. The Kier molecular flexibility index (Phi) is 26.3. The molecule has 0 amide bonds. The molecule has 212 valence electrons. The Hall–Kier alpha value is -1.01. The van der Waals surface area contributed by atoms with Gasteiger partial charge in [-0.15, -0.1) is 0 Å². The molecule has 0 heterocycles. The number of ether oxygens (including phenoxy) is 2. The monoisotopic (exact) mass is 528 g/mol. The maximum atomic E-state index is 11.8. The molecular formula is C30H56O5S. The number of hydrogen-bond donors (Lipinski definition) is 1. The number of hydrogen-bond acceptors (Lipinski definition) is 6. The zero-order valence-corrected chi connectivity index (χ0v) is 24.5. The number of carbonyl (C=O) groups excluding carboxylic acids is 2. The standard InChI is InChI=1S/C30H56O5S/c1-4-6-13-19-27(3)20-14-11-9-7-8-10-12-16-23-35-30(33)26-36-25-17-15-21-28(31)22-18-24-34-29(32)5-2/h11,14,27-28,31H,4-10,12-13,15-26H2,1-3H3/b14-11+. The molecule has 2 atom stereocenters. The Morgan fingerprint density at radius 1 is 0.778 bits per heavy atom. The van der Waals surface area contributed by atoms with Crippen LogP contribution in [0.25, 0.3) is 0 Å². The third-order valence-corrected chi connectivity index (χ3v) is 7.33. The molecule has 0 aromatic carbocycles. The van der Waals surface area contributed by atoms with Gasteiger partial charge in [0.15, 0.2) is 0 Å². The minimum Gasteiger partial charge on any atom is -0.466 e. The van der Waals surface area contributed by atoms with Crippen LogP contribution in [0.1, 0.15) is 130 Å². The van der Waals surface area contributed by atoms with Gasteiger partial charge < -0.3 is 14.6 Å². The number of aliphatic hydroxyl groups is 1. The van der Waals surface area contributed by atoms with Gasteiger partial charge in [0.25, 0.3) is 0 Å². The number of allylic oxidation sites excluding steroid dienone is 2. The molecule has 0 aromatic rings. The SMILES string of the molecule is CCCCCC(C)C/C=C/CCCCCCCOC(=O)CSCCCCC(O)CCCOC(=O)CC. The molecule has 0 radical (unpaired) electrons.